The van der Waals surface area contributed by atoms with Crippen LogP contribution in [0.2, 0.25) is 5.02 Å². The van der Waals surface area contributed by atoms with E-state index in [1.54, 1.807) is 18.2 Å². The Kier molecular flexibility index (Phi) is 5.65. The summed E-state index contributed by atoms with van der Waals surface area (Å²) in [5.41, 5.74) is 0.244. The molecule has 1 aromatic carbocycles. The van der Waals surface area contributed by atoms with Gasteiger partial charge in [-0.05, 0) is 25.0 Å². The number of nitriles is 1. The maximum absolute atomic E-state index is 11.7. The van der Waals surface area contributed by atoms with Crippen LogP contribution in [0.5, 0.6) is 5.75 Å². The molecule has 102 valence electrons. The summed E-state index contributed by atoms with van der Waals surface area (Å²) in [6.07, 6.45) is 0. The van der Waals surface area contributed by atoms with Gasteiger partial charge < -0.3 is 10.1 Å². The number of amides is 1. The largest absolute Gasteiger partial charge is 0.482 e. The number of carbonyl (C=O) groups excluding carboxylic acids is 1. The van der Waals surface area contributed by atoms with Crippen LogP contribution in [-0.2, 0) is 4.79 Å². The lowest BCUT2D eigenvalue weighted by atomic mass is 10.1. The molecule has 1 aromatic rings. The maximum atomic E-state index is 11.7. The van der Waals surface area contributed by atoms with Crippen LogP contribution in [0.4, 0.5) is 0 Å². The van der Waals surface area contributed by atoms with Crippen molar-refractivity contribution >= 4 is 17.5 Å². The van der Waals surface area contributed by atoms with Gasteiger partial charge in [-0.25, -0.2) is 0 Å². The van der Waals surface area contributed by atoms with Gasteiger partial charge in [-0.1, -0.05) is 31.5 Å². The molecule has 1 amide bonds. The summed E-state index contributed by atoms with van der Waals surface area (Å²) < 4.78 is 5.33. The van der Waals surface area contributed by atoms with Crippen LogP contribution in [0, 0.1) is 17.2 Å². The monoisotopic (exact) mass is 280 g/mol. The minimum absolute atomic E-state index is 0.0749. The smallest absolute Gasteiger partial charge is 0.258 e. The number of carbonyl (C=O) groups is 1. The minimum atomic E-state index is -0.218. The third-order valence-corrected chi connectivity index (χ3v) is 3.15. The van der Waals surface area contributed by atoms with Crippen LogP contribution in [-0.4, -0.2) is 18.6 Å². The SMILES string of the molecule is CC(C)C(C)NC(=O)COc1cccc(Cl)c1C#N. The Hall–Kier alpha value is -1.73. The fraction of sp³-hybridized carbons (Fsp3) is 0.429. The maximum Gasteiger partial charge on any atom is 0.258 e. The summed E-state index contributed by atoms with van der Waals surface area (Å²) in [5.74, 6) is 0.456. The van der Waals surface area contributed by atoms with Crippen LogP contribution in [0.15, 0.2) is 18.2 Å². The first kappa shape index (κ1) is 15.3. The molecule has 0 radical (unpaired) electrons. The standard InChI is InChI=1S/C14H17ClN2O2/c1-9(2)10(3)17-14(18)8-19-13-6-4-5-12(15)11(13)7-16/h4-6,9-10H,8H2,1-3H3,(H,17,18). The third-order valence-electron chi connectivity index (χ3n) is 2.83. The summed E-state index contributed by atoms with van der Waals surface area (Å²) in [6, 6.07) is 6.93. The molecule has 0 spiro atoms. The highest BCUT2D eigenvalue weighted by Crippen LogP contribution is 2.25. The van der Waals surface area contributed by atoms with Crippen molar-refractivity contribution in [3.63, 3.8) is 0 Å². The number of nitrogens with one attached hydrogen (secondary N) is 1. The predicted octanol–water partition coefficient (Wildman–Crippen LogP) is 2.75. The number of rotatable bonds is 5. The lowest BCUT2D eigenvalue weighted by Gasteiger charge is -2.17. The van der Waals surface area contributed by atoms with Gasteiger partial charge in [-0.15, -0.1) is 0 Å². The molecule has 0 aliphatic heterocycles. The van der Waals surface area contributed by atoms with Crippen molar-refractivity contribution in [2.24, 2.45) is 5.92 Å². The third kappa shape index (κ3) is 4.46. The molecule has 0 bridgehead atoms. The minimum Gasteiger partial charge on any atom is -0.482 e. The molecule has 5 heteroatoms. The molecule has 4 nitrogen and oxygen atoms in total. The van der Waals surface area contributed by atoms with Gasteiger partial charge in [0.2, 0.25) is 0 Å². The Morgan fingerprint density at radius 2 is 2.16 bits per heavy atom. The van der Waals surface area contributed by atoms with Crippen molar-refractivity contribution in [3.8, 4) is 11.8 Å². The Labute approximate surface area is 118 Å². The quantitative estimate of drug-likeness (QED) is 0.902. The molecule has 1 atom stereocenters. The summed E-state index contributed by atoms with van der Waals surface area (Å²) in [4.78, 5) is 11.7. The summed E-state index contributed by atoms with van der Waals surface area (Å²) in [5, 5.41) is 12.1. The van der Waals surface area contributed by atoms with Crippen LogP contribution >= 0.6 is 11.6 Å². The van der Waals surface area contributed by atoms with E-state index in [9.17, 15) is 4.79 Å². The van der Waals surface area contributed by atoms with Gasteiger partial charge in [-0.3, -0.25) is 4.79 Å². The van der Waals surface area contributed by atoms with Crippen molar-refractivity contribution in [1.82, 2.24) is 5.32 Å². The molecular formula is C14H17ClN2O2. The van der Waals surface area contributed by atoms with Crippen molar-refractivity contribution in [2.45, 2.75) is 26.8 Å². The summed E-state index contributed by atoms with van der Waals surface area (Å²) in [6.45, 7) is 5.85. The van der Waals surface area contributed by atoms with E-state index < -0.39 is 0 Å². The Bertz CT molecular complexity index is 495. The lowest BCUT2D eigenvalue weighted by Crippen LogP contribution is -2.39. The normalized spacial score (nSPS) is 11.8. The first-order valence-electron chi connectivity index (χ1n) is 6.06. The van der Waals surface area contributed by atoms with Crippen molar-refractivity contribution in [2.75, 3.05) is 6.61 Å². The molecule has 1 N–H and O–H groups in total. The molecule has 0 heterocycles. The molecule has 1 rings (SSSR count). The molecule has 19 heavy (non-hydrogen) atoms. The molecular weight excluding hydrogens is 264 g/mol. The first-order chi connectivity index (χ1) is 8.95. The molecule has 0 saturated carbocycles. The topological polar surface area (TPSA) is 62.1 Å². The number of hydrogen-bond acceptors (Lipinski definition) is 3. The second-order valence-corrected chi connectivity index (χ2v) is 5.02. The molecule has 0 fully saturated rings. The average molecular weight is 281 g/mol. The Morgan fingerprint density at radius 1 is 1.47 bits per heavy atom. The fourth-order valence-corrected chi connectivity index (χ4v) is 1.55. The van der Waals surface area contributed by atoms with E-state index in [1.807, 2.05) is 26.8 Å². The van der Waals surface area contributed by atoms with Crippen molar-refractivity contribution < 1.29 is 9.53 Å². The van der Waals surface area contributed by atoms with E-state index >= 15 is 0 Å². The molecule has 0 aliphatic carbocycles. The number of hydrogen-bond donors (Lipinski definition) is 1. The Morgan fingerprint density at radius 3 is 2.74 bits per heavy atom. The fourth-order valence-electron chi connectivity index (χ4n) is 1.34. The van der Waals surface area contributed by atoms with E-state index in [2.05, 4.69) is 5.32 Å². The van der Waals surface area contributed by atoms with Crippen LogP contribution < -0.4 is 10.1 Å². The highest BCUT2D eigenvalue weighted by molar-refractivity contribution is 6.31. The molecule has 1 unspecified atom stereocenters. The number of nitrogens with zero attached hydrogens (tertiary/aromatic N) is 1. The number of halogens is 1. The van der Waals surface area contributed by atoms with E-state index in [-0.39, 0.29) is 24.1 Å². The van der Waals surface area contributed by atoms with Crippen molar-refractivity contribution in [1.29, 1.82) is 5.26 Å². The van der Waals surface area contributed by atoms with E-state index in [0.29, 0.717) is 16.7 Å². The average Bonchev–Trinajstić information content (AvgIpc) is 2.36. The second-order valence-electron chi connectivity index (χ2n) is 4.61. The van der Waals surface area contributed by atoms with Crippen LogP contribution in [0.1, 0.15) is 26.3 Å². The van der Waals surface area contributed by atoms with Gasteiger partial charge >= 0.3 is 0 Å². The van der Waals surface area contributed by atoms with Crippen LogP contribution in [0.3, 0.4) is 0 Å². The zero-order valence-corrected chi connectivity index (χ0v) is 12.0. The van der Waals surface area contributed by atoms with Gasteiger partial charge in [0.05, 0.1) is 5.02 Å². The zero-order valence-electron chi connectivity index (χ0n) is 11.2. The van der Waals surface area contributed by atoms with Gasteiger partial charge in [0.1, 0.15) is 17.4 Å². The lowest BCUT2D eigenvalue weighted by molar-refractivity contribution is -0.124. The molecule has 0 saturated heterocycles. The highest BCUT2D eigenvalue weighted by atomic mass is 35.5. The van der Waals surface area contributed by atoms with E-state index in [1.165, 1.54) is 0 Å². The predicted molar refractivity (Wildman–Crippen MR) is 74.1 cm³/mol. The highest BCUT2D eigenvalue weighted by Gasteiger charge is 2.13. The van der Waals surface area contributed by atoms with Crippen LogP contribution in [0.25, 0.3) is 0 Å². The number of ether oxygens (including phenoxy) is 1. The summed E-state index contributed by atoms with van der Waals surface area (Å²) >= 11 is 5.87. The van der Waals surface area contributed by atoms with Gasteiger partial charge in [0.25, 0.3) is 5.91 Å². The zero-order chi connectivity index (χ0) is 14.4. The first-order valence-corrected chi connectivity index (χ1v) is 6.44. The molecule has 0 aromatic heterocycles. The Balaban J connectivity index is 2.61. The van der Waals surface area contributed by atoms with E-state index in [4.69, 9.17) is 21.6 Å². The van der Waals surface area contributed by atoms with Crippen molar-refractivity contribution in [3.05, 3.63) is 28.8 Å². The van der Waals surface area contributed by atoms with E-state index in [0.717, 1.165) is 0 Å². The summed E-state index contributed by atoms with van der Waals surface area (Å²) in [7, 11) is 0. The number of benzene rings is 1. The molecule has 0 aliphatic rings. The van der Waals surface area contributed by atoms with Gasteiger partial charge in [0, 0.05) is 6.04 Å². The second kappa shape index (κ2) is 7.01. The van der Waals surface area contributed by atoms with Gasteiger partial charge in [-0.2, -0.15) is 5.26 Å². The van der Waals surface area contributed by atoms with Gasteiger partial charge in [0.15, 0.2) is 6.61 Å².